The molecule has 202 valence electrons. The highest BCUT2D eigenvalue weighted by molar-refractivity contribution is 6.38. The molecule has 2 heterocycles. The van der Waals surface area contributed by atoms with Gasteiger partial charge < -0.3 is 15.7 Å². The zero-order valence-corrected chi connectivity index (χ0v) is 22.0. The van der Waals surface area contributed by atoms with Gasteiger partial charge in [-0.2, -0.15) is 0 Å². The molecule has 3 aliphatic rings. The van der Waals surface area contributed by atoms with E-state index in [2.05, 4.69) is 20.4 Å². The first-order chi connectivity index (χ1) is 17.1. The maximum Gasteiger partial charge on any atom is 0.290 e. The summed E-state index contributed by atoms with van der Waals surface area (Å²) in [4.78, 5) is 62.3. The normalized spacial score (nSPS) is 30.8. The number of Topliss-reactive ketones (excluding diaryl/α,β-unsaturated/α-hetero) is 3. The molecule has 2 aliphatic heterocycles. The average molecular weight is 505 g/mol. The Morgan fingerprint density at radius 3 is 2.22 bits per heavy atom. The van der Waals surface area contributed by atoms with Gasteiger partial charge in [0.15, 0.2) is 11.6 Å². The quantitative estimate of drug-likeness (QED) is 0.331. The number of hydrogen-bond donors (Lipinski definition) is 2. The van der Waals surface area contributed by atoms with E-state index in [0.717, 1.165) is 44.9 Å². The average Bonchev–Trinajstić information content (AvgIpc) is 3.17. The molecule has 8 nitrogen and oxygen atoms in total. The van der Waals surface area contributed by atoms with Gasteiger partial charge in [0.1, 0.15) is 0 Å². The van der Waals surface area contributed by atoms with Crippen LogP contribution in [0.1, 0.15) is 90.9 Å². The molecular formula is C28H44N2O6. The van der Waals surface area contributed by atoms with E-state index in [1.54, 1.807) is 11.0 Å². The Labute approximate surface area is 215 Å². The maximum absolute atomic E-state index is 13.6. The van der Waals surface area contributed by atoms with Crippen LogP contribution >= 0.6 is 0 Å². The van der Waals surface area contributed by atoms with Crippen molar-refractivity contribution in [3.8, 4) is 0 Å². The molecule has 1 amide bonds. The van der Waals surface area contributed by atoms with E-state index in [0.29, 0.717) is 31.7 Å². The Morgan fingerprint density at radius 1 is 1.08 bits per heavy atom. The van der Waals surface area contributed by atoms with Gasteiger partial charge in [-0.1, -0.05) is 64.9 Å². The molecule has 0 spiro atoms. The van der Waals surface area contributed by atoms with Crippen LogP contribution in [0.4, 0.5) is 0 Å². The van der Waals surface area contributed by atoms with Gasteiger partial charge in [-0.05, 0) is 36.5 Å². The third-order valence-corrected chi connectivity index (χ3v) is 8.38. The summed E-state index contributed by atoms with van der Waals surface area (Å²) in [5.74, 6) is -1.21. The molecule has 3 rings (SSSR count). The lowest BCUT2D eigenvalue weighted by molar-refractivity contribution is -0.143. The molecule has 8 heteroatoms. The molecule has 2 saturated heterocycles. The highest BCUT2D eigenvalue weighted by Crippen LogP contribution is 2.65. The molecule has 3 N–H and O–H groups in total. The number of carbonyl (C=O) groups is 5. The lowest BCUT2D eigenvalue weighted by Crippen LogP contribution is -2.52. The van der Waals surface area contributed by atoms with Gasteiger partial charge in [0.05, 0.1) is 12.1 Å². The number of hydrogen-bond acceptors (Lipinski definition) is 6. The Hall–Kier alpha value is -2.35. The van der Waals surface area contributed by atoms with Crippen molar-refractivity contribution >= 4 is 29.7 Å². The molecule has 0 radical (unpaired) electrons. The lowest BCUT2D eigenvalue weighted by Gasteiger charge is -2.32. The van der Waals surface area contributed by atoms with Crippen LogP contribution in [0.3, 0.4) is 0 Å². The van der Waals surface area contributed by atoms with E-state index in [-0.39, 0.29) is 42.3 Å². The Balaban J connectivity index is 0.00000145. The lowest BCUT2D eigenvalue weighted by atomic mass is 9.85. The Morgan fingerprint density at radius 2 is 1.64 bits per heavy atom. The minimum absolute atomic E-state index is 0.0152. The van der Waals surface area contributed by atoms with Crippen molar-refractivity contribution in [1.29, 1.82) is 0 Å². The fourth-order valence-electron chi connectivity index (χ4n) is 6.13. The van der Waals surface area contributed by atoms with Gasteiger partial charge in [-0.3, -0.25) is 24.0 Å². The van der Waals surface area contributed by atoms with Gasteiger partial charge in [-0.25, -0.2) is 0 Å². The van der Waals surface area contributed by atoms with Crippen molar-refractivity contribution in [2.75, 3.05) is 6.54 Å². The first-order valence-corrected chi connectivity index (χ1v) is 13.5. The first kappa shape index (κ1) is 29.9. The molecule has 1 aliphatic carbocycles. The predicted molar refractivity (Wildman–Crippen MR) is 137 cm³/mol. The second-order valence-electron chi connectivity index (χ2n) is 11.1. The van der Waals surface area contributed by atoms with E-state index >= 15 is 0 Å². The van der Waals surface area contributed by atoms with Crippen molar-refractivity contribution in [3.63, 3.8) is 0 Å². The fourth-order valence-corrected chi connectivity index (χ4v) is 6.13. The summed E-state index contributed by atoms with van der Waals surface area (Å²) >= 11 is 0. The number of amides is 1. The molecule has 1 saturated carbocycles. The molecule has 0 aromatic rings. The predicted octanol–water partition coefficient (Wildman–Crippen LogP) is 3.70. The second kappa shape index (κ2) is 13.8. The molecule has 3 fully saturated rings. The number of fused-ring (bicyclic) bond motifs is 3. The van der Waals surface area contributed by atoms with Crippen LogP contribution in [0.15, 0.2) is 12.7 Å². The number of carboxylic acid groups (broad SMARTS) is 1. The molecule has 0 aromatic heterocycles. The summed E-state index contributed by atoms with van der Waals surface area (Å²) in [5.41, 5.74) is 6.28. The van der Waals surface area contributed by atoms with Gasteiger partial charge >= 0.3 is 0 Å². The maximum atomic E-state index is 13.6. The van der Waals surface area contributed by atoms with Crippen LogP contribution in [0, 0.1) is 23.2 Å². The zero-order chi connectivity index (χ0) is 26.9. The number of rotatable bonds is 5. The molecule has 36 heavy (non-hydrogen) atoms. The van der Waals surface area contributed by atoms with E-state index in [1.807, 2.05) is 0 Å². The summed E-state index contributed by atoms with van der Waals surface area (Å²) in [6.45, 7) is 8.25. The summed E-state index contributed by atoms with van der Waals surface area (Å²) < 4.78 is 0. The minimum Gasteiger partial charge on any atom is -0.483 e. The van der Waals surface area contributed by atoms with Crippen LogP contribution in [-0.2, 0) is 24.0 Å². The third-order valence-electron chi connectivity index (χ3n) is 8.38. The third kappa shape index (κ3) is 7.34. The van der Waals surface area contributed by atoms with Gasteiger partial charge in [0.2, 0.25) is 11.7 Å². The number of piperidine rings is 1. The second-order valence-corrected chi connectivity index (χ2v) is 11.1. The highest BCUT2D eigenvalue weighted by Gasteiger charge is 2.69. The van der Waals surface area contributed by atoms with Crippen molar-refractivity contribution in [2.24, 2.45) is 28.9 Å². The summed E-state index contributed by atoms with van der Waals surface area (Å²) in [7, 11) is 0. The fraction of sp³-hybridized carbons (Fsp3) is 0.750. The smallest absolute Gasteiger partial charge is 0.290 e. The number of allylic oxidation sites excluding steroid dienone is 1. The van der Waals surface area contributed by atoms with Crippen LogP contribution in [0.5, 0.6) is 0 Å². The number of nitrogens with zero attached hydrogens (tertiary/aromatic N) is 1. The van der Waals surface area contributed by atoms with E-state index in [9.17, 15) is 19.2 Å². The van der Waals surface area contributed by atoms with E-state index in [1.165, 1.54) is 0 Å². The van der Waals surface area contributed by atoms with Gasteiger partial charge in [0, 0.05) is 25.3 Å². The van der Waals surface area contributed by atoms with Crippen molar-refractivity contribution < 1.29 is 29.1 Å². The van der Waals surface area contributed by atoms with Crippen molar-refractivity contribution in [2.45, 2.75) is 103 Å². The molecular weight excluding hydrogens is 460 g/mol. The van der Waals surface area contributed by atoms with E-state index < -0.39 is 29.6 Å². The largest absolute Gasteiger partial charge is 0.483 e. The Bertz CT molecular complexity index is 823. The monoisotopic (exact) mass is 504 g/mol. The van der Waals surface area contributed by atoms with Crippen LogP contribution in [-0.4, -0.2) is 58.4 Å². The Kier molecular flexibility index (Phi) is 11.5. The molecule has 0 bridgehead atoms. The van der Waals surface area contributed by atoms with Crippen molar-refractivity contribution in [1.82, 2.24) is 4.90 Å². The van der Waals surface area contributed by atoms with Crippen LogP contribution in [0.2, 0.25) is 0 Å². The number of carbonyl (C=O) groups excluding carboxylic acids is 4. The van der Waals surface area contributed by atoms with Crippen LogP contribution in [0.25, 0.3) is 0 Å². The summed E-state index contributed by atoms with van der Waals surface area (Å²) in [6.07, 6.45) is 10.6. The molecule has 5 atom stereocenters. The highest BCUT2D eigenvalue weighted by atomic mass is 16.3. The zero-order valence-electron chi connectivity index (χ0n) is 22.0. The minimum atomic E-state index is -0.589. The standard InChI is InChI=1S/C27H42N2O4.CH2O2/c1-4-5-15-21(30)25(32)18-13-11-9-7-6-8-10-12-14-20(28)26(33)29-17-19-23(27(19,2)3)24(29)22(31)16-18;2-1-3/h4,18-20,23-24H,1,5-17,28H2,2-3H3;1H,(H,2,3)/t18-,19+,20+,23+,24-;/m1./s1. The molecule has 0 aromatic carbocycles. The summed E-state index contributed by atoms with van der Waals surface area (Å²) in [5, 5.41) is 6.89. The molecule has 0 unspecified atom stereocenters. The van der Waals surface area contributed by atoms with Gasteiger partial charge in [0.25, 0.3) is 6.47 Å². The SMILES string of the molecule is C=CCCC(=O)C(=O)[C@@H]1CCCCCCCCC[C@H](N)C(=O)N2C[C@H]3[C@@H]([C@H]2C(=O)C1)C3(C)C.O=CO. The number of ketones is 3. The van der Waals surface area contributed by atoms with Gasteiger partial charge in [-0.15, -0.1) is 6.58 Å². The summed E-state index contributed by atoms with van der Waals surface area (Å²) in [6, 6.07) is -1.10. The van der Waals surface area contributed by atoms with E-state index in [4.69, 9.17) is 15.6 Å². The number of nitrogens with two attached hydrogens (primary N) is 1. The topological polar surface area (TPSA) is 135 Å². The van der Waals surface area contributed by atoms with Crippen molar-refractivity contribution in [3.05, 3.63) is 12.7 Å². The van der Waals surface area contributed by atoms with Crippen LogP contribution < -0.4 is 5.73 Å². The first-order valence-electron chi connectivity index (χ1n) is 13.5.